The highest BCUT2D eigenvalue weighted by atomic mass is 35.5. The first-order chi connectivity index (χ1) is 10.00. The molecular weight excluding hydrogens is 335 g/mol. The number of benzene rings is 1. The van der Waals surface area contributed by atoms with E-state index >= 15 is 0 Å². The largest absolute Gasteiger partial charge is 0.379 e. The lowest BCUT2D eigenvalue weighted by molar-refractivity contribution is 0.0730. The van der Waals surface area contributed by atoms with Crippen LogP contribution in [0.3, 0.4) is 0 Å². The summed E-state index contributed by atoms with van der Waals surface area (Å²) in [5, 5.41) is 1.15. The van der Waals surface area contributed by atoms with Crippen LogP contribution < -0.4 is 0 Å². The lowest BCUT2D eigenvalue weighted by atomic mass is 10.2. The van der Waals surface area contributed by atoms with Crippen LogP contribution in [0.25, 0.3) is 10.9 Å². The number of morpholine rings is 1. The van der Waals surface area contributed by atoms with Crippen molar-refractivity contribution in [2.24, 2.45) is 0 Å². The van der Waals surface area contributed by atoms with Gasteiger partial charge in [-0.2, -0.15) is 4.31 Å². The fourth-order valence-electron chi connectivity index (χ4n) is 2.22. The van der Waals surface area contributed by atoms with Gasteiger partial charge in [-0.3, -0.25) is 4.98 Å². The number of ether oxygens (including phenoxy) is 1. The molecule has 0 amide bonds. The number of hydrogen-bond donors (Lipinski definition) is 0. The average molecular weight is 347 g/mol. The van der Waals surface area contributed by atoms with Crippen LogP contribution in [0.1, 0.15) is 0 Å². The summed E-state index contributed by atoms with van der Waals surface area (Å²) >= 11 is 12.2. The maximum absolute atomic E-state index is 12.6. The van der Waals surface area contributed by atoms with Gasteiger partial charge in [0.2, 0.25) is 10.0 Å². The number of pyridine rings is 1. The third-order valence-corrected chi connectivity index (χ3v) is 5.98. The zero-order valence-electron chi connectivity index (χ0n) is 10.9. The highest BCUT2D eigenvalue weighted by molar-refractivity contribution is 7.89. The van der Waals surface area contributed by atoms with E-state index in [0.717, 1.165) is 0 Å². The van der Waals surface area contributed by atoms with E-state index in [1.807, 2.05) is 0 Å². The van der Waals surface area contributed by atoms with Crippen molar-refractivity contribution >= 4 is 44.1 Å². The van der Waals surface area contributed by atoms with Crippen LogP contribution in [0, 0.1) is 0 Å². The van der Waals surface area contributed by atoms with Gasteiger partial charge in [0.05, 0.1) is 23.8 Å². The van der Waals surface area contributed by atoms with E-state index < -0.39 is 10.0 Å². The minimum atomic E-state index is -3.68. The molecule has 0 bridgehead atoms. The first-order valence-electron chi connectivity index (χ1n) is 6.32. The smallest absolute Gasteiger partial charge is 0.246 e. The van der Waals surface area contributed by atoms with E-state index in [1.165, 1.54) is 10.5 Å². The molecule has 1 aromatic carbocycles. The summed E-state index contributed by atoms with van der Waals surface area (Å²) in [5.74, 6) is 0. The molecule has 0 radical (unpaired) electrons. The van der Waals surface area contributed by atoms with Crippen LogP contribution in [0.5, 0.6) is 0 Å². The van der Waals surface area contributed by atoms with E-state index in [-0.39, 0.29) is 9.92 Å². The van der Waals surface area contributed by atoms with Gasteiger partial charge in [0.15, 0.2) is 0 Å². The number of rotatable bonds is 2. The number of fused-ring (bicyclic) bond motifs is 1. The van der Waals surface area contributed by atoms with Crippen molar-refractivity contribution in [1.82, 2.24) is 9.29 Å². The molecule has 2 aromatic rings. The van der Waals surface area contributed by atoms with E-state index in [9.17, 15) is 8.42 Å². The molecule has 1 fully saturated rings. The zero-order chi connectivity index (χ0) is 15.0. The molecule has 0 atom stereocenters. The van der Waals surface area contributed by atoms with Crippen molar-refractivity contribution in [3.8, 4) is 0 Å². The third kappa shape index (κ3) is 2.74. The summed E-state index contributed by atoms with van der Waals surface area (Å²) in [6, 6.07) is 5.00. The van der Waals surface area contributed by atoms with Crippen LogP contribution in [0.2, 0.25) is 10.0 Å². The monoisotopic (exact) mass is 346 g/mol. The molecule has 1 aliphatic rings. The maximum Gasteiger partial charge on any atom is 0.246 e. The highest BCUT2D eigenvalue weighted by Crippen LogP contribution is 2.32. The molecule has 8 heteroatoms. The predicted octanol–water partition coefficient (Wildman–Crippen LogP) is 2.56. The Hall–Kier alpha value is -0.920. The standard InChI is InChI=1S/C13H12Cl2N2O3S/c14-9-1-2-11-10(7-9)13(15)12(8-16-11)21(18,19)17-3-5-20-6-4-17/h1-2,7-8H,3-6H2. The Kier molecular flexibility index (Phi) is 4.07. The molecule has 0 spiro atoms. The molecule has 1 saturated heterocycles. The lowest BCUT2D eigenvalue weighted by Gasteiger charge is -2.26. The van der Waals surface area contributed by atoms with Crippen molar-refractivity contribution in [2.45, 2.75) is 4.90 Å². The Morgan fingerprint density at radius 2 is 1.90 bits per heavy atom. The van der Waals surface area contributed by atoms with Gasteiger partial charge in [0.25, 0.3) is 0 Å². The Balaban J connectivity index is 2.13. The number of sulfonamides is 1. The second-order valence-corrected chi connectivity index (χ2v) is 7.34. The van der Waals surface area contributed by atoms with Crippen molar-refractivity contribution in [3.05, 3.63) is 34.4 Å². The molecule has 5 nitrogen and oxygen atoms in total. The van der Waals surface area contributed by atoms with Gasteiger partial charge in [0, 0.05) is 29.7 Å². The predicted molar refractivity (Wildman–Crippen MR) is 81.3 cm³/mol. The van der Waals surface area contributed by atoms with Crippen LogP contribution >= 0.6 is 23.2 Å². The Morgan fingerprint density at radius 3 is 2.62 bits per heavy atom. The van der Waals surface area contributed by atoms with Crippen molar-refractivity contribution in [2.75, 3.05) is 26.3 Å². The second-order valence-electron chi connectivity index (χ2n) is 4.61. The van der Waals surface area contributed by atoms with Gasteiger partial charge in [-0.1, -0.05) is 23.2 Å². The highest BCUT2D eigenvalue weighted by Gasteiger charge is 2.29. The fourth-order valence-corrected chi connectivity index (χ4v) is 4.32. The summed E-state index contributed by atoms with van der Waals surface area (Å²) in [6.45, 7) is 1.38. The van der Waals surface area contributed by atoms with Crippen molar-refractivity contribution in [3.63, 3.8) is 0 Å². The van der Waals surface area contributed by atoms with Gasteiger partial charge < -0.3 is 4.74 Å². The molecule has 2 heterocycles. The van der Waals surface area contributed by atoms with E-state index in [4.69, 9.17) is 27.9 Å². The molecule has 0 unspecified atom stereocenters. The fraction of sp³-hybridized carbons (Fsp3) is 0.308. The summed E-state index contributed by atoms with van der Waals surface area (Å²) in [7, 11) is -3.68. The average Bonchev–Trinajstić information content (AvgIpc) is 2.49. The van der Waals surface area contributed by atoms with Gasteiger partial charge >= 0.3 is 0 Å². The Morgan fingerprint density at radius 1 is 1.19 bits per heavy atom. The van der Waals surface area contributed by atoms with Gasteiger partial charge in [-0.25, -0.2) is 8.42 Å². The molecular formula is C13H12Cl2N2O3S. The van der Waals surface area contributed by atoms with Crippen LogP contribution in [0.4, 0.5) is 0 Å². The number of halogens is 2. The summed E-state index contributed by atoms with van der Waals surface area (Å²) in [4.78, 5) is 4.16. The van der Waals surface area contributed by atoms with Crippen molar-refractivity contribution in [1.29, 1.82) is 0 Å². The summed E-state index contributed by atoms with van der Waals surface area (Å²) in [6.07, 6.45) is 1.30. The second kappa shape index (κ2) is 5.70. The van der Waals surface area contributed by atoms with Crippen LogP contribution in [-0.4, -0.2) is 44.0 Å². The minimum absolute atomic E-state index is 0.000772. The van der Waals surface area contributed by atoms with Gasteiger partial charge in [0.1, 0.15) is 4.90 Å². The number of nitrogens with zero attached hydrogens (tertiary/aromatic N) is 2. The molecule has 1 aliphatic heterocycles. The molecule has 21 heavy (non-hydrogen) atoms. The summed E-state index contributed by atoms with van der Waals surface area (Å²) < 4.78 is 31.8. The summed E-state index contributed by atoms with van der Waals surface area (Å²) in [5.41, 5.74) is 0.602. The van der Waals surface area contributed by atoms with E-state index in [2.05, 4.69) is 4.98 Å². The molecule has 0 saturated carbocycles. The van der Waals surface area contributed by atoms with Crippen LogP contribution in [0.15, 0.2) is 29.3 Å². The first kappa shape index (κ1) is 15.0. The SMILES string of the molecule is O=S(=O)(c1cnc2ccc(Cl)cc2c1Cl)N1CCOCC1. The molecule has 0 N–H and O–H groups in total. The number of aromatic nitrogens is 1. The molecule has 112 valence electrons. The lowest BCUT2D eigenvalue weighted by Crippen LogP contribution is -2.40. The zero-order valence-corrected chi connectivity index (χ0v) is 13.2. The number of hydrogen-bond acceptors (Lipinski definition) is 4. The van der Waals surface area contributed by atoms with Crippen LogP contribution in [-0.2, 0) is 14.8 Å². The Labute approximate surface area is 132 Å². The van der Waals surface area contributed by atoms with Crippen molar-refractivity contribution < 1.29 is 13.2 Å². The quantitative estimate of drug-likeness (QED) is 0.838. The molecule has 1 aromatic heterocycles. The van der Waals surface area contributed by atoms with Gasteiger partial charge in [-0.15, -0.1) is 0 Å². The maximum atomic E-state index is 12.6. The minimum Gasteiger partial charge on any atom is -0.379 e. The van der Waals surface area contributed by atoms with E-state index in [1.54, 1.807) is 18.2 Å². The normalized spacial score (nSPS) is 17.2. The molecule has 3 rings (SSSR count). The topological polar surface area (TPSA) is 59.5 Å². The van der Waals surface area contributed by atoms with Gasteiger partial charge in [-0.05, 0) is 18.2 Å². The third-order valence-electron chi connectivity index (χ3n) is 3.32. The Bertz CT molecular complexity index is 789. The first-order valence-corrected chi connectivity index (χ1v) is 8.51. The van der Waals surface area contributed by atoms with E-state index in [0.29, 0.717) is 42.2 Å². The molecule has 0 aliphatic carbocycles.